The van der Waals surface area contributed by atoms with Gasteiger partial charge in [-0.2, -0.15) is 0 Å². The molecule has 12 heavy (non-hydrogen) atoms. The third-order valence-corrected chi connectivity index (χ3v) is 3.90. The number of fused-ring (bicyclic) bond motifs is 1. The first kappa shape index (κ1) is 8.55. The van der Waals surface area contributed by atoms with E-state index in [2.05, 4.69) is 13.8 Å². The zero-order valence-corrected chi connectivity index (χ0v) is 8.31. The van der Waals surface area contributed by atoms with Crippen molar-refractivity contribution in [1.82, 2.24) is 0 Å². The summed E-state index contributed by atoms with van der Waals surface area (Å²) in [7, 11) is 0. The van der Waals surface area contributed by atoms with Gasteiger partial charge in [0.05, 0.1) is 6.10 Å². The standard InChI is InChI=1S/C11H20O/c1-9-3-4-10-11(2,6-5-9)7-8-12-10/h9-10H,3-8H2,1-2H3. The fourth-order valence-corrected chi connectivity index (χ4v) is 2.67. The molecule has 1 aliphatic carbocycles. The molecule has 1 aliphatic heterocycles. The molecule has 1 heterocycles. The van der Waals surface area contributed by atoms with Crippen molar-refractivity contribution in [3.63, 3.8) is 0 Å². The monoisotopic (exact) mass is 168 g/mol. The van der Waals surface area contributed by atoms with Gasteiger partial charge in [0.15, 0.2) is 0 Å². The molecule has 0 bridgehead atoms. The molecule has 0 radical (unpaired) electrons. The number of ether oxygens (including phenoxy) is 1. The van der Waals surface area contributed by atoms with Crippen molar-refractivity contribution in [2.45, 2.75) is 52.1 Å². The fourth-order valence-electron chi connectivity index (χ4n) is 2.67. The lowest BCUT2D eigenvalue weighted by atomic mass is 9.79. The number of rotatable bonds is 0. The summed E-state index contributed by atoms with van der Waals surface area (Å²) in [4.78, 5) is 0. The van der Waals surface area contributed by atoms with Crippen LogP contribution in [0.15, 0.2) is 0 Å². The first-order valence-electron chi connectivity index (χ1n) is 5.32. The van der Waals surface area contributed by atoms with Gasteiger partial charge in [0, 0.05) is 6.61 Å². The number of hydrogen-bond acceptors (Lipinski definition) is 1. The summed E-state index contributed by atoms with van der Waals surface area (Å²) in [6.45, 7) is 5.81. The van der Waals surface area contributed by atoms with Crippen molar-refractivity contribution >= 4 is 0 Å². The molecule has 1 saturated carbocycles. The maximum absolute atomic E-state index is 5.79. The Hall–Kier alpha value is -0.0400. The molecule has 3 atom stereocenters. The second kappa shape index (κ2) is 3.02. The van der Waals surface area contributed by atoms with E-state index in [0.717, 1.165) is 12.5 Å². The van der Waals surface area contributed by atoms with Crippen LogP contribution in [0.25, 0.3) is 0 Å². The van der Waals surface area contributed by atoms with Crippen molar-refractivity contribution in [2.75, 3.05) is 6.61 Å². The average Bonchev–Trinajstić information content (AvgIpc) is 2.35. The maximum atomic E-state index is 5.79. The highest BCUT2D eigenvalue weighted by Gasteiger charge is 2.41. The first-order valence-corrected chi connectivity index (χ1v) is 5.32. The van der Waals surface area contributed by atoms with Crippen LogP contribution >= 0.6 is 0 Å². The van der Waals surface area contributed by atoms with Crippen LogP contribution in [0, 0.1) is 11.3 Å². The fraction of sp³-hybridized carbons (Fsp3) is 1.00. The Morgan fingerprint density at radius 2 is 2.00 bits per heavy atom. The molecular weight excluding hydrogens is 148 g/mol. The van der Waals surface area contributed by atoms with Crippen LogP contribution in [0.5, 0.6) is 0 Å². The minimum absolute atomic E-state index is 0.532. The van der Waals surface area contributed by atoms with Crippen LogP contribution in [-0.2, 0) is 4.74 Å². The summed E-state index contributed by atoms with van der Waals surface area (Å²) in [5.74, 6) is 0.927. The van der Waals surface area contributed by atoms with E-state index in [9.17, 15) is 0 Å². The van der Waals surface area contributed by atoms with Gasteiger partial charge >= 0.3 is 0 Å². The summed E-state index contributed by atoms with van der Waals surface area (Å²) < 4.78 is 5.79. The predicted octanol–water partition coefficient (Wildman–Crippen LogP) is 2.99. The molecule has 2 fully saturated rings. The van der Waals surface area contributed by atoms with Gasteiger partial charge in [-0.1, -0.05) is 20.3 Å². The van der Waals surface area contributed by atoms with Gasteiger partial charge in [0.25, 0.3) is 0 Å². The molecule has 0 amide bonds. The van der Waals surface area contributed by atoms with Crippen LogP contribution in [0.4, 0.5) is 0 Å². The molecule has 1 saturated heterocycles. The van der Waals surface area contributed by atoms with Crippen molar-refractivity contribution in [3.05, 3.63) is 0 Å². The SMILES string of the molecule is CC1CCC2OCCC2(C)CC1. The zero-order valence-electron chi connectivity index (χ0n) is 8.31. The first-order chi connectivity index (χ1) is 5.71. The Bertz CT molecular complexity index is 166. The Labute approximate surface area is 75.5 Å². The molecule has 0 aromatic heterocycles. The van der Waals surface area contributed by atoms with E-state index < -0.39 is 0 Å². The maximum Gasteiger partial charge on any atom is 0.0629 e. The molecule has 1 heteroatoms. The molecule has 0 spiro atoms. The lowest BCUT2D eigenvalue weighted by molar-refractivity contribution is 0.0512. The van der Waals surface area contributed by atoms with Crippen molar-refractivity contribution in [3.8, 4) is 0 Å². The normalized spacial score (nSPS) is 48.5. The van der Waals surface area contributed by atoms with Crippen LogP contribution < -0.4 is 0 Å². The van der Waals surface area contributed by atoms with Gasteiger partial charge in [-0.15, -0.1) is 0 Å². The molecule has 70 valence electrons. The van der Waals surface area contributed by atoms with E-state index >= 15 is 0 Å². The summed E-state index contributed by atoms with van der Waals surface area (Å²) >= 11 is 0. The highest BCUT2D eigenvalue weighted by molar-refractivity contribution is 4.90. The Morgan fingerprint density at radius 3 is 2.83 bits per heavy atom. The largest absolute Gasteiger partial charge is 0.378 e. The third kappa shape index (κ3) is 1.39. The summed E-state index contributed by atoms with van der Waals surface area (Å²) in [6.07, 6.45) is 7.36. The molecule has 0 aromatic rings. The predicted molar refractivity (Wildman–Crippen MR) is 50.1 cm³/mol. The van der Waals surface area contributed by atoms with Crippen molar-refractivity contribution in [1.29, 1.82) is 0 Å². The number of hydrogen-bond donors (Lipinski definition) is 0. The zero-order chi connectivity index (χ0) is 8.60. The van der Waals surface area contributed by atoms with Crippen molar-refractivity contribution < 1.29 is 4.74 Å². The van der Waals surface area contributed by atoms with Crippen molar-refractivity contribution in [2.24, 2.45) is 11.3 Å². The Balaban J connectivity index is 2.07. The second-order valence-corrected chi connectivity index (χ2v) is 4.98. The third-order valence-electron chi connectivity index (χ3n) is 3.90. The molecule has 2 rings (SSSR count). The molecule has 3 unspecified atom stereocenters. The van der Waals surface area contributed by atoms with Crippen LogP contribution in [0.1, 0.15) is 46.0 Å². The molecular formula is C11H20O. The minimum atomic E-state index is 0.532. The highest BCUT2D eigenvalue weighted by Crippen LogP contribution is 2.44. The van der Waals surface area contributed by atoms with Crippen LogP contribution in [0.3, 0.4) is 0 Å². The Morgan fingerprint density at radius 1 is 1.17 bits per heavy atom. The van der Waals surface area contributed by atoms with E-state index in [1.54, 1.807) is 0 Å². The average molecular weight is 168 g/mol. The van der Waals surface area contributed by atoms with E-state index in [4.69, 9.17) is 4.74 Å². The van der Waals surface area contributed by atoms with Crippen LogP contribution in [0.2, 0.25) is 0 Å². The van der Waals surface area contributed by atoms with Gasteiger partial charge in [0.1, 0.15) is 0 Å². The van der Waals surface area contributed by atoms with E-state index in [0.29, 0.717) is 11.5 Å². The smallest absolute Gasteiger partial charge is 0.0629 e. The lowest BCUT2D eigenvalue weighted by Gasteiger charge is -2.27. The topological polar surface area (TPSA) is 9.23 Å². The molecule has 1 nitrogen and oxygen atoms in total. The summed E-state index contributed by atoms with van der Waals surface area (Å²) in [5, 5.41) is 0. The molecule has 2 aliphatic rings. The highest BCUT2D eigenvalue weighted by atomic mass is 16.5. The van der Waals surface area contributed by atoms with E-state index in [-0.39, 0.29) is 0 Å². The Kier molecular flexibility index (Phi) is 2.16. The van der Waals surface area contributed by atoms with E-state index in [1.807, 2.05) is 0 Å². The van der Waals surface area contributed by atoms with Gasteiger partial charge in [0.2, 0.25) is 0 Å². The van der Waals surface area contributed by atoms with E-state index in [1.165, 1.54) is 32.1 Å². The second-order valence-electron chi connectivity index (χ2n) is 4.98. The van der Waals surface area contributed by atoms with Gasteiger partial charge in [-0.25, -0.2) is 0 Å². The lowest BCUT2D eigenvalue weighted by Crippen LogP contribution is -2.25. The summed E-state index contributed by atoms with van der Waals surface area (Å²) in [5.41, 5.74) is 0.532. The van der Waals surface area contributed by atoms with Gasteiger partial charge in [-0.3, -0.25) is 0 Å². The van der Waals surface area contributed by atoms with Gasteiger partial charge in [-0.05, 0) is 37.0 Å². The quantitative estimate of drug-likeness (QED) is 0.540. The molecule has 0 N–H and O–H groups in total. The molecule has 0 aromatic carbocycles. The van der Waals surface area contributed by atoms with Crippen LogP contribution in [-0.4, -0.2) is 12.7 Å². The van der Waals surface area contributed by atoms with Gasteiger partial charge < -0.3 is 4.74 Å². The summed E-state index contributed by atoms with van der Waals surface area (Å²) in [6, 6.07) is 0. The minimum Gasteiger partial charge on any atom is -0.378 e.